The number of thiophene rings is 1. The van der Waals surface area contributed by atoms with Gasteiger partial charge in [0.2, 0.25) is 0 Å². The average Bonchev–Trinajstić information content (AvgIpc) is 3.55. The van der Waals surface area contributed by atoms with E-state index < -0.39 is 0 Å². The topological polar surface area (TPSA) is 3.24 Å². The van der Waals surface area contributed by atoms with Crippen LogP contribution in [0.2, 0.25) is 10.0 Å². The Hall–Kier alpha value is -4.60. The lowest BCUT2D eigenvalue weighted by Gasteiger charge is -2.30. The van der Waals surface area contributed by atoms with Crippen LogP contribution in [-0.2, 0) is 10.8 Å². The number of benzene rings is 7. The fraction of sp³-hybridized carbons (Fsp3) is 0.167. The van der Waals surface area contributed by atoms with Crippen molar-refractivity contribution >= 4 is 83.2 Å². The van der Waals surface area contributed by atoms with Crippen LogP contribution in [0.25, 0.3) is 53.9 Å². The predicted molar refractivity (Wildman–Crippen MR) is 230 cm³/mol. The van der Waals surface area contributed by atoms with E-state index in [-0.39, 0.29) is 10.8 Å². The Labute approximate surface area is 321 Å². The Bertz CT molecular complexity index is 2610. The molecule has 0 radical (unpaired) electrons. The molecule has 52 heavy (non-hydrogen) atoms. The molecule has 0 N–H and O–H groups in total. The first kappa shape index (κ1) is 34.5. The second kappa shape index (κ2) is 13.1. The summed E-state index contributed by atoms with van der Waals surface area (Å²) in [6.45, 7) is 13.5. The van der Waals surface area contributed by atoms with Gasteiger partial charge >= 0.3 is 0 Å². The van der Waals surface area contributed by atoms with E-state index >= 15 is 0 Å². The summed E-state index contributed by atoms with van der Waals surface area (Å²) in [5.74, 6) is 0. The fourth-order valence-electron chi connectivity index (χ4n) is 7.37. The first-order valence-electron chi connectivity index (χ1n) is 17.8. The third-order valence-electron chi connectivity index (χ3n) is 10.2. The molecule has 0 saturated heterocycles. The summed E-state index contributed by atoms with van der Waals surface area (Å²) in [5.41, 5.74) is 10.1. The average molecular weight is 735 g/mol. The Morgan fingerprint density at radius 3 is 1.63 bits per heavy atom. The van der Waals surface area contributed by atoms with Gasteiger partial charge in [0.25, 0.3) is 0 Å². The van der Waals surface area contributed by atoms with Crippen molar-refractivity contribution in [3.63, 3.8) is 0 Å². The minimum Gasteiger partial charge on any atom is -0.307 e. The van der Waals surface area contributed by atoms with Crippen LogP contribution in [0.15, 0.2) is 139 Å². The zero-order chi connectivity index (χ0) is 36.4. The van der Waals surface area contributed by atoms with Crippen molar-refractivity contribution in [2.75, 3.05) is 4.90 Å². The Morgan fingerprint density at radius 1 is 0.481 bits per heavy atom. The van der Waals surface area contributed by atoms with Gasteiger partial charge in [0, 0.05) is 21.2 Å². The van der Waals surface area contributed by atoms with Crippen molar-refractivity contribution in [3.05, 3.63) is 160 Å². The van der Waals surface area contributed by atoms with Crippen molar-refractivity contribution in [2.45, 2.75) is 52.4 Å². The molecule has 0 saturated carbocycles. The van der Waals surface area contributed by atoms with Crippen LogP contribution in [0.5, 0.6) is 0 Å². The lowest BCUT2D eigenvalue weighted by Crippen LogP contribution is -2.15. The van der Waals surface area contributed by atoms with Gasteiger partial charge in [0.1, 0.15) is 0 Å². The molecule has 0 atom stereocenters. The standard InChI is InChI=1S/C48H41Cl2NS/c1-47(2,3)32-21-24-43-39(25-32)42(29-52-43)51(41-27-33(48(4,5)6)26-40(49)46(41)50)34-22-23-37-38(28-34)45(31-17-11-8-12-18-31)36-20-14-13-19-35(36)44(37)30-15-9-7-10-16-30/h7-29H,1-6H3. The molecule has 8 rings (SSSR count). The molecule has 8 aromatic rings. The van der Waals surface area contributed by atoms with Gasteiger partial charge in [0.15, 0.2) is 0 Å². The Balaban J connectivity index is 1.51. The van der Waals surface area contributed by atoms with Gasteiger partial charge in [0.05, 0.1) is 21.4 Å². The van der Waals surface area contributed by atoms with Crippen LogP contribution in [0, 0.1) is 0 Å². The minimum atomic E-state index is -0.141. The van der Waals surface area contributed by atoms with Crippen molar-refractivity contribution in [3.8, 4) is 22.3 Å². The monoisotopic (exact) mass is 733 g/mol. The fourth-order valence-corrected chi connectivity index (χ4v) is 8.69. The molecule has 0 aliphatic heterocycles. The SMILES string of the molecule is CC(C)(C)c1cc(Cl)c(Cl)c(N(c2ccc3c(-c4ccccc4)c4ccccc4c(-c4ccccc4)c3c2)c2csc3ccc(C(C)(C)C)cc23)c1. The van der Waals surface area contributed by atoms with Crippen molar-refractivity contribution < 1.29 is 0 Å². The number of anilines is 3. The molecule has 1 nitrogen and oxygen atoms in total. The predicted octanol–water partition coefficient (Wildman–Crippen LogP) is 15.9. The van der Waals surface area contributed by atoms with E-state index in [4.69, 9.17) is 23.2 Å². The molecule has 0 unspecified atom stereocenters. The van der Waals surface area contributed by atoms with Gasteiger partial charge in [-0.05, 0) is 102 Å². The van der Waals surface area contributed by atoms with E-state index in [1.165, 1.54) is 59.4 Å². The first-order chi connectivity index (χ1) is 24.9. The van der Waals surface area contributed by atoms with E-state index in [2.05, 4.69) is 179 Å². The summed E-state index contributed by atoms with van der Waals surface area (Å²) in [6, 6.07) is 48.4. The van der Waals surface area contributed by atoms with Crippen molar-refractivity contribution in [1.29, 1.82) is 0 Å². The smallest absolute Gasteiger partial charge is 0.0833 e. The molecule has 4 heteroatoms. The van der Waals surface area contributed by atoms with Gasteiger partial charge < -0.3 is 4.90 Å². The Morgan fingerprint density at radius 2 is 1.04 bits per heavy atom. The number of fused-ring (bicyclic) bond motifs is 3. The van der Waals surface area contributed by atoms with Crippen LogP contribution in [0.3, 0.4) is 0 Å². The van der Waals surface area contributed by atoms with E-state index in [0.29, 0.717) is 10.0 Å². The summed E-state index contributed by atoms with van der Waals surface area (Å²) in [5, 5.41) is 9.37. The van der Waals surface area contributed by atoms with E-state index in [1.807, 2.05) is 6.07 Å². The third-order valence-corrected chi connectivity index (χ3v) is 11.9. The van der Waals surface area contributed by atoms with Crippen LogP contribution < -0.4 is 4.90 Å². The maximum Gasteiger partial charge on any atom is 0.0833 e. The number of hydrogen-bond donors (Lipinski definition) is 0. The molecule has 1 heterocycles. The quantitative estimate of drug-likeness (QED) is 0.159. The zero-order valence-electron chi connectivity index (χ0n) is 30.4. The van der Waals surface area contributed by atoms with Gasteiger partial charge in [-0.15, -0.1) is 11.3 Å². The van der Waals surface area contributed by atoms with Gasteiger partial charge in [-0.3, -0.25) is 0 Å². The summed E-state index contributed by atoms with van der Waals surface area (Å²) >= 11 is 16.1. The highest BCUT2D eigenvalue weighted by atomic mass is 35.5. The molecule has 0 aliphatic rings. The van der Waals surface area contributed by atoms with Gasteiger partial charge in [-0.1, -0.05) is 162 Å². The molecule has 0 aliphatic carbocycles. The summed E-state index contributed by atoms with van der Waals surface area (Å²) < 4.78 is 1.23. The highest BCUT2D eigenvalue weighted by Crippen LogP contribution is 2.50. The van der Waals surface area contributed by atoms with Gasteiger partial charge in [-0.25, -0.2) is 0 Å². The molecule has 7 aromatic carbocycles. The maximum atomic E-state index is 7.29. The van der Waals surface area contributed by atoms with Crippen molar-refractivity contribution in [1.82, 2.24) is 0 Å². The number of halogens is 2. The molecule has 0 bridgehead atoms. The molecule has 1 aromatic heterocycles. The third kappa shape index (κ3) is 6.07. The van der Waals surface area contributed by atoms with Crippen LogP contribution in [0.1, 0.15) is 52.7 Å². The maximum absolute atomic E-state index is 7.29. The second-order valence-corrected chi connectivity index (χ2v) is 17.4. The van der Waals surface area contributed by atoms with Crippen LogP contribution >= 0.6 is 34.5 Å². The molecule has 0 amide bonds. The molecule has 258 valence electrons. The Kier molecular flexibility index (Phi) is 8.70. The highest BCUT2D eigenvalue weighted by molar-refractivity contribution is 7.17. The second-order valence-electron chi connectivity index (χ2n) is 15.7. The molecule has 0 spiro atoms. The minimum absolute atomic E-state index is 0.00619. The summed E-state index contributed by atoms with van der Waals surface area (Å²) in [7, 11) is 0. The number of nitrogens with zero attached hydrogens (tertiary/aromatic N) is 1. The summed E-state index contributed by atoms with van der Waals surface area (Å²) in [4.78, 5) is 2.33. The van der Waals surface area contributed by atoms with E-state index in [9.17, 15) is 0 Å². The van der Waals surface area contributed by atoms with E-state index in [1.54, 1.807) is 11.3 Å². The summed E-state index contributed by atoms with van der Waals surface area (Å²) in [6.07, 6.45) is 0. The number of hydrogen-bond acceptors (Lipinski definition) is 2. The van der Waals surface area contributed by atoms with E-state index in [0.717, 1.165) is 22.6 Å². The normalized spacial score (nSPS) is 12.2. The largest absolute Gasteiger partial charge is 0.307 e. The van der Waals surface area contributed by atoms with Crippen LogP contribution in [0.4, 0.5) is 17.1 Å². The first-order valence-corrected chi connectivity index (χ1v) is 19.4. The lowest BCUT2D eigenvalue weighted by atomic mass is 9.85. The number of rotatable bonds is 5. The molecular formula is C48H41Cl2NS. The molecular weight excluding hydrogens is 694 g/mol. The molecule has 0 fully saturated rings. The van der Waals surface area contributed by atoms with Crippen LogP contribution in [-0.4, -0.2) is 0 Å². The van der Waals surface area contributed by atoms with Gasteiger partial charge in [-0.2, -0.15) is 0 Å². The highest BCUT2D eigenvalue weighted by Gasteiger charge is 2.26. The van der Waals surface area contributed by atoms with Crippen molar-refractivity contribution in [2.24, 2.45) is 0 Å². The zero-order valence-corrected chi connectivity index (χ0v) is 32.7. The lowest BCUT2D eigenvalue weighted by molar-refractivity contribution is 0.590.